The van der Waals surface area contributed by atoms with Gasteiger partial charge in [0.15, 0.2) is 0 Å². The summed E-state index contributed by atoms with van der Waals surface area (Å²) < 4.78 is 8.00. The summed E-state index contributed by atoms with van der Waals surface area (Å²) in [6.07, 6.45) is 9.04. The van der Waals surface area contributed by atoms with Gasteiger partial charge in [0.25, 0.3) is 0 Å². The highest BCUT2D eigenvalue weighted by molar-refractivity contribution is 6.30. The summed E-state index contributed by atoms with van der Waals surface area (Å²) in [6, 6.07) is 5.59. The van der Waals surface area contributed by atoms with Crippen LogP contribution in [0.3, 0.4) is 0 Å². The van der Waals surface area contributed by atoms with Crippen LogP contribution in [-0.2, 0) is 4.74 Å². The number of aromatic amines is 1. The van der Waals surface area contributed by atoms with Crippen molar-refractivity contribution < 1.29 is 4.74 Å². The average Bonchev–Trinajstić information content (AvgIpc) is 3.37. The van der Waals surface area contributed by atoms with Gasteiger partial charge in [-0.2, -0.15) is 5.10 Å². The minimum Gasteiger partial charge on any atom is -0.367 e. The Labute approximate surface area is 166 Å². The van der Waals surface area contributed by atoms with Crippen molar-refractivity contribution in [1.29, 1.82) is 0 Å². The molecule has 0 bridgehead atoms. The number of aromatic nitrogens is 6. The van der Waals surface area contributed by atoms with Gasteiger partial charge in [0.05, 0.1) is 41.5 Å². The second-order valence-corrected chi connectivity index (χ2v) is 7.27. The highest BCUT2D eigenvalue weighted by Crippen LogP contribution is 2.28. The summed E-state index contributed by atoms with van der Waals surface area (Å²) >= 11 is 6.16. The lowest BCUT2D eigenvalue weighted by atomic mass is 10.1. The molecule has 9 heteroatoms. The van der Waals surface area contributed by atoms with Crippen LogP contribution >= 0.6 is 11.6 Å². The molecule has 8 nitrogen and oxygen atoms in total. The number of rotatable bonds is 3. The molecule has 1 aliphatic heterocycles. The highest BCUT2D eigenvalue weighted by atomic mass is 35.5. The molecule has 1 saturated heterocycles. The fourth-order valence-electron chi connectivity index (χ4n) is 3.52. The third-order valence-corrected chi connectivity index (χ3v) is 5.03. The Kier molecular flexibility index (Phi) is 4.22. The Hall–Kier alpha value is -2.97. The van der Waals surface area contributed by atoms with Crippen LogP contribution in [0.25, 0.3) is 17.0 Å². The van der Waals surface area contributed by atoms with Gasteiger partial charge in [-0.25, -0.2) is 15.0 Å². The topological polar surface area (TPSA) is 84.2 Å². The number of halogens is 1. The van der Waals surface area contributed by atoms with Gasteiger partial charge in [-0.05, 0) is 25.1 Å². The number of anilines is 1. The van der Waals surface area contributed by atoms with Gasteiger partial charge in [0.2, 0.25) is 5.95 Å². The number of imidazole rings is 1. The molecule has 0 aliphatic carbocycles. The molecule has 0 radical (unpaired) electrons. The summed E-state index contributed by atoms with van der Waals surface area (Å²) in [7, 11) is 0. The quantitative estimate of drug-likeness (QED) is 0.573. The summed E-state index contributed by atoms with van der Waals surface area (Å²) in [6.45, 7) is 3.43. The van der Waals surface area contributed by atoms with Gasteiger partial charge >= 0.3 is 0 Å². The van der Waals surface area contributed by atoms with Gasteiger partial charge in [-0.15, -0.1) is 0 Å². The van der Waals surface area contributed by atoms with E-state index < -0.39 is 0 Å². The maximum Gasteiger partial charge on any atom is 0.226 e. The normalized spacial score (nSPS) is 20.0. The second-order valence-electron chi connectivity index (χ2n) is 6.83. The number of nitrogens with one attached hydrogen (secondary N) is 1. The zero-order chi connectivity index (χ0) is 19.1. The molecular formula is C19H18ClN7O. The zero-order valence-corrected chi connectivity index (χ0v) is 15.9. The maximum atomic E-state index is 6.16. The van der Waals surface area contributed by atoms with Gasteiger partial charge in [0.1, 0.15) is 11.8 Å². The van der Waals surface area contributed by atoms with E-state index in [4.69, 9.17) is 21.3 Å². The van der Waals surface area contributed by atoms with Crippen LogP contribution in [0.4, 0.5) is 5.95 Å². The van der Waals surface area contributed by atoms with E-state index in [0.29, 0.717) is 17.5 Å². The van der Waals surface area contributed by atoms with E-state index in [9.17, 15) is 0 Å². The van der Waals surface area contributed by atoms with Crippen molar-refractivity contribution in [2.24, 2.45) is 0 Å². The summed E-state index contributed by atoms with van der Waals surface area (Å²) in [4.78, 5) is 15.9. The number of fused-ring (bicyclic) bond motifs is 1. The fourth-order valence-corrected chi connectivity index (χ4v) is 3.68. The number of ether oxygens (including phenoxy) is 1. The molecule has 5 rings (SSSR count). The maximum absolute atomic E-state index is 6.16. The molecule has 4 aromatic rings. The number of hydrogen-bond donors (Lipinski definition) is 1. The van der Waals surface area contributed by atoms with Crippen molar-refractivity contribution in [1.82, 2.24) is 29.5 Å². The van der Waals surface area contributed by atoms with E-state index >= 15 is 0 Å². The highest BCUT2D eigenvalue weighted by Gasteiger charge is 2.28. The monoisotopic (exact) mass is 395 g/mol. The SMILES string of the molecule is C[C@H]1CN(c2nccc(-c3cnc4ccc(Cl)cn34)n2)C[C@H](c2cn[nH]c2)O1. The lowest BCUT2D eigenvalue weighted by molar-refractivity contribution is -0.0178. The molecule has 4 aromatic heterocycles. The molecule has 142 valence electrons. The Morgan fingerprint density at radius 1 is 1.18 bits per heavy atom. The standard InChI is InChI=1S/C19H18ClN7O/c1-12-9-26(11-17(28-12)13-6-23-24-7-13)19-21-5-4-15(25-19)16-8-22-18-3-2-14(20)10-27(16)18/h2-8,10,12,17H,9,11H2,1H3,(H,23,24)/t12-,17+/m0/s1. The van der Waals surface area contributed by atoms with Crippen molar-refractivity contribution in [2.45, 2.75) is 19.1 Å². The van der Waals surface area contributed by atoms with E-state index in [2.05, 4.69) is 32.0 Å². The molecule has 1 aliphatic rings. The molecule has 1 fully saturated rings. The smallest absolute Gasteiger partial charge is 0.226 e. The third-order valence-electron chi connectivity index (χ3n) is 4.81. The zero-order valence-electron chi connectivity index (χ0n) is 15.2. The van der Waals surface area contributed by atoms with Crippen molar-refractivity contribution in [3.8, 4) is 11.4 Å². The number of pyridine rings is 1. The Bertz CT molecular complexity index is 1110. The van der Waals surface area contributed by atoms with Crippen molar-refractivity contribution >= 4 is 23.2 Å². The van der Waals surface area contributed by atoms with Crippen LogP contribution in [0.2, 0.25) is 5.02 Å². The number of H-pyrrole nitrogens is 1. The largest absolute Gasteiger partial charge is 0.367 e. The molecule has 0 unspecified atom stereocenters. The van der Waals surface area contributed by atoms with Gasteiger partial charge in [0, 0.05) is 30.7 Å². The number of hydrogen-bond acceptors (Lipinski definition) is 6. The van der Waals surface area contributed by atoms with Crippen LogP contribution in [0.1, 0.15) is 18.6 Å². The Morgan fingerprint density at radius 3 is 2.96 bits per heavy atom. The van der Waals surface area contributed by atoms with E-state index in [0.717, 1.165) is 29.1 Å². The summed E-state index contributed by atoms with van der Waals surface area (Å²) in [5, 5.41) is 7.52. The van der Waals surface area contributed by atoms with Crippen molar-refractivity contribution in [2.75, 3.05) is 18.0 Å². The van der Waals surface area contributed by atoms with Gasteiger partial charge < -0.3 is 9.64 Å². The second kappa shape index (κ2) is 6.88. The molecular weight excluding hydrogens is 378 g/mol. The Morgan fingerprint density at radius 2 is 2.11 bits per heavy atom. The van der Waals surface area contributed by atoms with Crippen LogP contribution in [0, 0.1) is 0 Å². The lowest BCUT2D eigenvalue weighted by Crippen LogP contribution is -2.43. The predicted molar refractivity (Wildman–Crippen MR) is 105 cm³/mol. The van der Waals surface area contributed by atoms with Crippen LogP contribution in [-0.4, -0.2) is 48.7 Å². The van der Waals surface area contributed by atoms with Crippen LogP contribution < -0.4 is 4.90 Å². The fraction of sp³-hybridized carbons (Fsp3) is 0.263. The Balaban J connectivity index is 1.49. The molecule has 5 heterocycles. The number of nitrogens with zero attached hydrogens (tertiary/aromatic N) is 6. The lowest BCUT2D eigenvalue weighted by Gasteiger charge is -2.36. The van der Waals surface area contributed by atoms with Gasteiger partial charge in [-0.1, -0.05) is 11.6 Å². The summed E-state index contributed by atoms with van der Waals surface area (Å²) in [5.74, 6) is 0.665. The van der Waals surface area contributed by atoms with Crippen molar-refractivity contribution in [3.05, 3.63) is 59.8 Å². The minimum atomic E-state index is -0.0793. The van der Waals surface area contributed by atoms with Crippen molar-refractivity contribution in [3.63, 3.8) is 0 Å². The first-order valence-corrected chi connectivity index (χ1v) is 9.40. The van der Waals surface area contributed by atoms with Crippen LogP contribution in [0.5, 0.6) is 0 Å². The molecule has 1 N–H and O–H groups in total. The first-order chi connectivity index (χ1) is 13.7. The molecule has 0 spiro atoms. The first-order valence-electron chi connectivity index (χ1n) is 9.02. The molecule has 2 atom stereocenters. The average molecular weight is 396 g/mol. The van der Waals surface area contributed by atoms with Crippen LogP contribution in [0.15, 0.2) is 49.2 Å². The molecule has 28 heavy (non-hydrogen) atoms. The van der Waals surface area contributed by atoms with E-state index in [1.807, 2.05) is 35.0 Å². The van der Waals surface area contributed by atoms with E-state index in [-0.39, 0.29) is 12.2 Å². The molecule has 0 amide bonds. The first kappa shape index (κ1) is 17.2. The number of morpholine rings is 1. The van der Waals surface area contributed by atoms with Gasteiger partial charge in [-0.3, -0.25) is 9.50 Å². The predicted octanol–water partition coefficient (Wildman–Crippen LogP) is 3.13. The van der Waals surface area contributed by atoms with E-state index in [1.54, 1.807) is 18.6 Å². The minimum absolute atomic E-state index is 0.0514. The molecule has 0 saturated carbocycles. The summed E-state index contributed by atoms with van der Waals surface area (Å²) in [5.41, 5.74) is 3.50. The third kappa shape index (κ3) is 3.10. The van der Waals surface area contributed by atoms with E-state index in [1.165, 1.54) is 0 Å². The molecule has 0 aromatic carbocycles.